The van der Waals surface area contributed by atoms with Gasteiger partial charge in [0.2, 0.25) is 0 Å². The lowest BCUT2D eigenvalue weighted by Gasteiger charge is -2.40. The van der Waals surface area contributed by atoms with Gasteiger partial charge in [-0.1, -0.05) is 6.92 Å². The first-order valence-electron chi connectivity index (χ1n) is 7.48. The van der Waals surface area contributed by atoms with Gasteiger partial charge in [-0.05, 0) is 36.5 Å². The van der Waals surface area contributed by atoms with E-state index in [-0.39, 0.29) is 5.41 Å². The number of carboxylic acid groups (broad SMARTS) is 1. The molecule has 3 heterocycles. The summed E-state index contributed by atoms with van der Waals surface area (Å²) in [6.07, 6.45) is 3.64. The maximum atomic E-state index is 11.6. The summed E-state index contributed by atoms with van der Waals surface area (Å²) in [5.74, 6) is -0.243. The minimum Gasteiger partial charge on any atom is -0.478 e. The number of piperidine rings is 1. The van der Waals surface area contributed by atoms with E-state index in [1.54, 1.807) is 30.0 Å². The second kappa shape index (κ2) is 5.61. The number of carbonyl (C=O) groups is 1. The largest absolute Gasteiger partial charge is 0.478 e. The Hall–Kier alpha value is -2.08. The van der Waals surface area contributed by atoms with Crippen LogP contribution >= 0.6 is 0 Å². The molecular formula is C16H21N3O3. The molecule has 0 aromatic carbocycles. The van der Waals surface area contributed by atoms with E-state index in [4.69, 9.17) is 4.74 Å². The van der Waals surface area contributed by atoms with Crippen LogP contribution in [0.5, 0.6) is 0 Å². The lowest BCUT2D eigenvalue weighted by atomic mass is 9.81. The van der Waals surface area contributed by atoms with Gasteiger partial charge in [0.1, 0.15) is 11.4 Å². The van der Waals surface area contributed by atoms with E-state index in [0.29, 0.717) is 11.4 Å². The van der Waals surface area contributed by atoms with Crippen LogP contribution in [0.25, 0.3) is 5.52 Å². The van der Waals surface area contributed by atoms with Gasteiger partial charge in [-0.2, -0.15) is 5.10 Å². The van der Waals surface area contributed by atoms with Crippen LogP contribution in [-0.4, -0.2) is 47.5 Å². The summed E-state index contributed by atoms with van der Waals surface area (Å²) >= 11 is 0. The van der Waals surface area contributed by atoms with Crippen LogP contribution in [0.2, 0.25) is 0 Å². The highest BCUT2D eigenvalue weighted by Crippen LogP contribution is 2.34. The number of rotatable bonds is 4. The van der Waals surface area contributed by atoms with Crippen molar-refractivity contribution in [1.29, 1.82) is 0 Å². The summed E-state index contributed by atoms with van der Waals surface area (Å²) in [5.41, 5.74) is 1.36. The normalized spacial score (nSPS) is 17.8. The Morgan fingerprint density at radius 3 is 2.73 bits per heavy atom. The lowest BCUT2D eigenvalue weighted by molar-refractivity contribution is 0.0691. The summed E-state index contributed by atoms with van der Waals surface area (Å²) in [4.78, 5) is 13.7. The Balaban J connectivity index is 1.95. The van der Waals surface area contributed by atoms with Crippen LogP contribution in [0.4, 0.5) is 5.82 Å². The molecule has 118 valence electrons. The van der Waals surface area contributed by atoms with Crippen LogP contribution < -0.4 is 4.90 Å². The molecule has 0 bridgehead atoms. The molecule has 0 atom stereocenters. The average molecular weight is 303 g/mol. The Labute approximate surface area is 129 Å². The summed E-state index contributed by atoms with van der Waals surface area (Å²) in [6.45, 7) is 4.57. The Kier molecular flexibility index (Phi) is 3.78. The highest BCUT2D eigenvalue weighted by atomic mass is 16.5. The molecule has 0 radical (unpaired) electrons. The van der Waals surface area contributed by atoms with E-state index in [2.05, 4.69) is 16.9 Å². The molecular weight excluding hydrogens is 282 g/mol. The summed E-state index contributed by atoms with van der Waals surface area (Å²) in [6, 6.07) is 5.34. The van der Waals surface area contributed by atoms with Crippen molar-refractivity contribution in [1.82, 2.24) is 9.61 Å². The van der Waals surface area contributed by atoms with Gasteiger partial charge in [-0.15, -0.1) is 0 Å². The molecule has 3 rings (SSSR count). The zero-order chi connectivity index (χ0) is 15.7. The quantitative estimate of drug-likeness (QED) is 0.938. The Morgan fingerprint density at radius 2 is 2.09 bits per heavy atom. The van der Waals surface area contributed by atoms with Gasteiger partial charge < -0.3 is 14.7 Å². The van der Waals surface area contributed by atoms with Crippen molar-refractivity contribution in [3.8, 4) is 0 Å². The standard InChI is InChI=1S/C16H21N3O3/c1-16(11-22-2)6-9-18(10-7-16)14-13(15(20)21)4-3-12-5-8-17-19(12)14/h3-5,8H,6-7,9-11H2,1-2H3,(H,20,21). The van der Waals surface area contributed by atoms with Gasteiger partial charge in [-0.25, -0.2) is 9.31 Å². The number of nitrogens with zero attached hydrogens (tertiary/aromatic N) is 3. The second-order valence-electron chi connectivity index (χ2n) is 6.27. The lowest BCUT2D eigenvalue weighted by Crippen LogP contribution is -2.42. The molecule has 0 amide bonds. The number of methoxy groups -OCH3 is 1. The number of hydrogen-bond donors (Lipinski definition) is 1. The topological polar surface area (TPSA) is 67.1 Å². The van der Waals surface area contributed by atoms with Crippen molar-refractivity contribution >= 4 is 17.3 Å². The van der Waals surface area contributed by atoms with Gasteiger partial charge >= 0.3 is 5.97 Å². The number of carboxylic acids is 1. The first kappa shape index (κ1) is 14.8. The van der Waals surface area contributed by atoms with Crippen molar-refractivity contribution in [2.24, 2.45) is 5.41 Å². The van der Waals surface area contributed by atoms with Crippen LogP contribution in [-0.2, 0) is 4.74 Å². The molecule has 1 N–H and O–H groups in total. The van der Waals surface area contributed by atoms with Crippen molar-refractivity contribution in [3.05, 3.63) is 30.0 Å². The second-order valence-corrected chi connectivity index (χ2v) is 6.27. The smallest absolute Gasteiger partial charge is 0.339 e. The summed E-state index contributed by atoms with van der Waals surface area (Å²) < 4.78 is 7.04. The molecule has 0 spiro atoms. The molecule has 1 aliphatic rings. The number of aromatic carboxylic acids is 1. The third-order valence-corrected chi connectivity index (χ3v) is 4.53. The highest BCUT2D eigenvalue weighted by molar-refractivity contribution is 5.94. The van der Waals surface area contributed by atoms with Gasteiger partial charge in [0.05, 0.1) is 18.3 Å². The van der Waals surface area contributed by atoms with E-state index in [1.807, 2.05) is 6.07 Å². The van der Waals surface area contributed by atoms with Crippen molar-refractivity contribution in [2.75, 3.05) is 31.7 Å². The summed E-state index contributed by atoms with van der Waals surface area (Å²) in [7, 11) is 1.73. The number of pyridine rings is 1. The van der Waals surface area contributed by atoms with E-state index in [1.165, 1.54) is 0 Å². The molecule has 6 heteroatoms. The van der Waals surface area contributed by atoms with Crippen LogP contribution in [0, 0.1) is 5.41 Å². The number of aromatic nitrogens is 2. The third kappa shape index (κ3) is 2.54. The molecule has 1 aliphatic heterocycles. The van der Waals surface area contributed by atoms with Crippen LogP contribution in [0.15, 0.2) is 24.4 Å². The van der Waals surface area contributed by atoms with Gasteiger partial charge in [0.25, 0.3) is 0 Å². The predicted octanol–water partition coefficient (Wildman–Crippen LogP) is 2.29. The Morgan fingerprint density at radius 1 is 1.36 bits per heavy atom. The molecule has 0 aliphatic carbocycles. The number of hydrogen-bond acceptors (Lipinski definition) is 4. The maximum absolute atomic E-state index is 11.6. The first-order valence-corrected chi connectivity index (χ1v) is 7.48. The fourth-order valence-electron chi connectivity index (χ4n) is 3.20. The van der Waals surface area contributed by atoms with E-state index in [9.17, 15) is 9.90 Å². The maximum Gasteiger partial charge on any atom is 0.339 e. The molecule has 1 saturated heterocycles. The Bertz CT molecular complexity index is 687. The van der Waals surface area contributed by atoms with Crippen LogP contribution in [0.3, 0.4) is 0 Å². The molecule has 0 unspecified atom stereocenters. The fourth-order valence-corrected chi connectivity index (χ4v) is 3.20. The average Bonchev–Trinajstić information content (AvgIpc) is 2.95. The van der Waals surface area contributed by atoms with Gasteiger partial charge in [0, 0.05) is 20.2 Å². The number of fused-ring (bicyclic) bond motifs is 1. The molecule has 0 saturated carbocycles. The SMILES string of the molecule is COCC1(C)CCN(c2c(C(=O)O)ccc3ccnn23)CC1. The third-order valence-electron chi connectivity index (χ3n) is 4.53. The van der Waals surface area contributed by atoms with Gasteiger partial charge in [0.15, 0.2) is 0 Å². The van der Waals surface area contributed by atoms with Gasteiger partial charge in [-0.3, -0.25) is 0 Å². The molecule has 6 nitrogen and oxygen atoms in total. The van der Waals surface area contributed by atoms with E-state index >= 15 is 0 Å². The molecule has 2 aromatic heterocycles. The monoisotopic (exact) mass is 303 g/mol. The fraction of sp³-hybridized carbons (Fsp3) is 0.500. The summed E-state index contributed by atoms with van der Waals surface area (Å²) in [5, 5.41) is 13.8. The first-order chi connectivity index (χ1) is 10.5. The zero-order valence-corrected chi connectivity index (χ0v) is 13.0. The molecule has 1 fully saturated rings. The number of anilines is 1. The van der Waals surface area contributed by atoms with E-state index in [0.717, 1.165) is 38.1 Å². The minimum absolute atomic E-state index is 0.159. The van der Waals surface area contributed by atoms with Crippen molar-refractivity contribution in [3.63, 3.8) is 0 Å². The highest BCUT2D eigenvalue weighted by Gasteiger charge is 2.32. The predicted molar refractivity (Wildman–Crippen MR) is 83.6 cm³/mol. The van der Waals surface area contributed by atoms with E-state index < -0.39 is 5.97 Å². The van der Waals surface area contributed by atoms with Crippen LogP contribution in [0.1, 0.15) is 30.1 Å². The number of ether oxygens (including phenoxy) is 1. The molecule has 2 aromatic rings. The minimum atomic E-state index is -0.919. The molecule has 22 heavy (non-hydrogen) atoms. The zero-order valence-electron chi connectivity index (χ0n) is 13.0. The van der Waals surface area contributed by atoms with Crippen molar-refractivity contribution in [2.45, 2.75) is 19.8 Å². The van der Waals surface area contributed by atoms with Crippen molar-refractivity contribution < 1.29 is 14.6 Å².